The van der Waals surface area contributed by atoms with Crippen LogP contribution < -0.4 is 9.62 Å². The molecule has 1 aliphatic rings. The summed E-state index contributed by atoms with van der Waals surface area (Å²) in [6, 6.07) is 4.90. The Morgan fingerprint density at radius 1 is 1.18 bits per heavy atom. The van der Waals surface area contributed by atoms with Gasteiger partial charge in [0.25, 0.3) is 0 Å². The molecule has 1 fully saturated rings. The average Bonchev–Trinajstić information content (AvgIpc) is 2.61. The number of rotatable bonds is 9. The van der Waals surface area contributed by atoms with E-state index in [0.29, 0.717) is 23.9 Å². The normalized spacial score (nSPS) is 16.6. The molecule has 0 bridgehead atoms. The first-order valence-electron chi connectivity index (χ1n) is 10.2. The first-order valence-corrected chi connectivity index (χ1v) is 13.1. The van der Waals surface area contributed by atoms with E-state index in [-0.39, 0.29) is 5.91 Å². The highest BCUT2D eigenvalue weighted by molar-refractivity contribution is 7.99. The monoisotopic (exact) mass is 426 g/mol. The zero-order chi connectivity index (χ0) is 20.7. The van der Waals surface area contributed by atoms with Crippen LogP contribution in [0.3, 0.4) is 0 Å². The molecule has 1 atom stereocenters. The third-order valence-corrected chi connectivity index (χ3v) is 7.66. The van der Waals surface area contributed by atoms with Crippen LogP contribution in [0.2, 0.25) is 0 Å². The van der Waals surface area contributed by atoms with Gasteiger partial charge in [0.05, 0.1) is 11.9 Å². The molecule has 28 heavy (non-hydrogen) atoms. The Balaban J connectivity index is 2.04. The predicted octanol–water partition coefficient (Wildman–Crippen LogP) is 4.03. The maximum atomic E-state index is 12.8. The Labute approximate surface area is 174 Å². The Kier molecular flexibility index (Phi) is 8.68. The number of amides is 1. The number of hydrogen-bond donors (Lipinski definition) is 1. The third kappa shape index (κ3) is 6.69. The molecule has 0 unspecified atom stereocenters. The second-order valence-corrected chi connectivity index (χ2v) is 11.0. The van der Waals surface area contributed by atoms with Crippen molar-refractivity contribution in [3.05, 3.63) is 29.3 Å². The number of carbonyl (C=O) groups excluding carboxylic acids is 1. The van der Waals surface area contributed by atoms with Gasteiger partial charge in [0, 0.05) is 17.5 Å². The van der Waals surface area contributed by atoms with Crippen molar-refractivity contribution < 1.29 is 13.2 Å². The summed E-state index contributed by atoms with van der Waals surface area (Å²) in [5.41, 5.74) is 2.50. The van der Waals surface area contributed by atoms with Crippen LogP contribution in [-0.2, 0) is 14.8 Å². The van der Waals surface area contributed by atoms with Crippen molar-refractivity contribution in [3.63, 3.8) is 0 Å². The molecule has 1 saturated carbocycles. The van der Waals surface area contributed by atoms with Crippen LogP contribution in [-0.4, -0.2) is 44.2 Å². The first-order chi connectivity index (χ1) is 13.2. The summed E-state index contributed by atoms with van der Waals surface area (Å²) in [6.07, 6.45) is 8.07. The van der Waals surface area contributed by atoms with Gasteiger partial charge >= 0.3 is 0 Å². The van der Waals surface area contributed by atoms with Gasteiger partial charge in [-0.25, -0.2) is 8.42 Å². The number of aryl methyl sites for hydroxylation is 2. The quantitative estimate of drug-likeness (QED) is 0.606. The molecule has 1 aromatic carbocycles. The fourth-order valence-electron chi connectivity index (χ4n) is 3.89. The standard InChI is InChI=1S/C21H34N2O3S2/c1-5-20(21(24)22-11-12-27-19-9-7-6-8-10-19)23(28(4,25)26)18-14-16(2)13-17(3)15-18/h13-15,19-20H,5-12H2,1-4H3,(H,22,24)/t20-/m0/s1. The molecule has 1 N–H and O–H groups in total. The number of thioether (sulfide) groups is 1. The summed E-state index contributed by atoms with van der Waals surface area (Å²) in [5, 5.41) is 3.66. The van der Waals surface area contributed by atoms with E-state index < -0.39 is 16.1 Å². The van der Waals surface area contributed by atoms with Gasteiger partial charge in [0.2, 0.25) is 15.9 Å². The second-order valence-electron chi connectivity index (χ2n) is 7.75. The average molecular weight is 427 g/mol. The van der Waals surface area contributed by atoms with Crippen molar-refractivity contribution in [2.24, 2.45) is 0 Å². The number of anilines is 1. The van der Waals surface area contributed by atoms with E-state index >= 15 is 0 Å². The summed E-state index contributed by atoms with van der Waals surface area (Å²) in [4.78, 5) is 12.8. The fourth-order valence-corrected chi connectivity index (χ4v) is 6.30. The van der Waals surface area contributed by atoms with Gasteiger partial charge in [-0.1, -0.05) is 32.3 Å². The van der Waals surface area contributed by atoms with Crippen LogP contribution in [0.25, 0.3) is 0 Å². The predicted molar refractivity (Wildman–Crippen MR) is 120 cm³/mol. The molecule has 0 aliphatic heterocycles. The van der Waals surface area contributed by atoms with Crippen molar-refractivity contribution in [2.75, 3.05) is 22.9 Å². The van der Waals surface area contributed by atoms with Crippen LogP contribution >= 0.6 is 11.8 Å². The van der Waals surface area contributed by atoms with Crippen LogP contribution in [0.1, 0.15) is 56.6 Å². The smallest absolute Gasteiger partial charge is 0.243 e. The summed E-state index contributed by atoms with van der Waals surface area (Å²) in [6.45, 7) is 6.28. The SMILES string of the molecule is CC[C@@H](C(=O)NCCSC1CCCCC1)N(c1cc(C)cc(C)c1)S(C)(=O)=O. The molecule has 0 aromatic heterocycles. The van der Waals surface area contributed by atoms with E-state index in [0.717, 1.165) is 16.9 Å². The molecule has 0 radical (unpaired) electrons. The number of carbonyl (C=O) groups is 1. The highest BCUT2D eigenvalue weighted by Crippen LogP contribution is 2.28. The van der Waals surface area contributed by atoms with E-state index in [2.05, 4.69) is 5.32 Å². The van der Waals surface area contributed by atoms with Crippen molar-refractivity contribution in [3.8, 4) is 0 Å². The zero-order valence-electron chi connectivity index (χ0n) is 17.5. The van der Waals surface area contributed by atoms with Crippen LogP contribution in [0, 0.1) is 13.8 Å². The van der Waals surface area contributed by atoms with E-state index in [9.17, 15) is 13.2 Å². The van der Waals surface area contributed by atoms with Gasteiger partial charge in [-0.3, -0.25) is 9.10 Å². The Morgan fingerprint density at radius 3 is 2.32 bits per heavy atom. The lowest BCUT2D eigenvalue weighted by molar-refractivity contribution is -0.122. The largest absolute Gasteiger partial charge is 0.353 e. The minimum Gasteiger partial charge on any atom is -0.353 e. The minimum absolute atomic E-state index is 0.226. The summed E-state index contributed by atoms with van der Waals surface area (Å²) < 4.78 is 26.3. The lowest BCUT2D eigenvalue weighted by atomic mass is 10.0. The lowest BCUT2D eigenvalue weighted by Gasteiger charge is -2.30. The minimum atomic E-state index is -3.59. The highest BCUT2D eigenvalue weighted by Gasteiger charge is 2.31. The van der Waals surface area contributed by atoms with Gasteiger partial charge in [0.1, 0.15) is 6.04 Å². The third-order valence-electron chi connectivity index (χ3n) is 5.10. The molecule has 0 saturated heterocycles. The summed E-state index contributed by atoms with van der Waals surface area (Å²) >= 11 is 1.93. The Hall–Kier alpha value is -1.21. The molecule has 1 amide bonds. The maximum absolute atomic E-state index is 12.8. The molecule has 7 heteroatoms. The first kappa shape index (κ1) is 23.1. The molecule has 5 nitrogen and oxygen atoms in total. The highest BCUT2D eigenvalue weighted by atomic mass is 32.2. The van der Waals surface area contributed by atoms with Crippen molar-refractivity contribution in [2.45, 2.75) is 70.6 Å². The fraction of sp³-hybridized carbons (Fsp3) is 0.667. The Bertz CT molecular complexity index is 739. The molecule has 0 heterocycles. The molecule has 2 rings (SSSR count). The van der Waals surface area contributed by atoms with Gasteiger partial charge in [-0.15, -0.1) is 0 Å². The molecular weight excluding hydrogens is 392 g/mol. The molecule has 1 aliphatic carbocycles. The van der Waals surface area contributed by atoms with E-state index in [1.54, 1.807) is 0 Å². The molecule has 1 aromatic rings. The Morgan fingerprint density at radius 2 is 1.79 bits per heavy atom. The lowest BCUT2D eigenvalue weighted by Crippen LogP contribution is -2.49. The number of hydrogen-bond acceptors (Lipinski definition) is 4. The number of nitrogens with zero attached hydrogens (tertiary/aromatic N) is 1. The zero-order valence-corrected chi connectivity index (χ0v) is 19.2. The van der Waals surface area contributed by atoms with Crippen LogP contribution in [0.4, 0.5) is 5.69 Å². The van der Waals surface area contributed by atoms with Gasteiger partial charge in [-0.05, 0) is 56.4 Å². The van der Waals surface area contributed by atoms with Crippen molar-refractivity contribution in [1.29, 1.82) is 0 Å². The second kappa shape index (κ2) is 10.5. The van der Waals surface area contributed by atoms with Crippen molar-refractivity contribution >= 4 is 33.4 Å². The van der Waals surface area contributed by atoms with Crippen molar-refractivity contribution in [1.82, 2.24) is 5.32 Å². The summed E-state index contributed by atoms with van der Waals surface area (Å²) in [5.74, 6) is 0.645. The topological polar surface area (TPSA) is 66.5 Å². The number of benzene rings is 1. The molecule has 158 valence electrons. The van der Waals surface area contributed by atoms with Crippen LogP contribution in [0.15, 0.2) is 18.2 Å². The van der Waals surface area contributed by atoms with E-state index in [1.807, 2.05) is 50.7 Å². The van der Waals surface area contributed by atoms with Gasteiger partial charge in [0.15, 0.2) is 0 Å². The molecule has 0 spiro atoms. The maximum Gasteiger partial charge on any atom is 0.243 e. The van der Waals surface area contributed by atoms with Crippen LogP contribution in [0.5, 0.6) is 0 Å². The van der Waals surface area contributed by atoms with Gasteiger partial charge in [-0.2, -0.15) is 11.8 Å². The van der Waals surface area contributed by atoms with E-state index in [4.69, 9.17) is 0 Å². The summed E-state index contributed by atoms with van der Waals surface area (Å²) in [7, 11) is -3.59. The number of nitrogens with one attached hydrogen (secondary N) is 1. The molecular formula is C21H34N2O3S2. The number of sulfonamides is 1. The van der Waals surface area contributed by atoms with Gasteiger partial charge < -0.3 is 5.32 Å². The van der Waals surface area contributed by atoms with E-state index in [1.165, 1.54) is 42.7 Å².